The molecule has 1 aromatic heterocycles. The Bertz CT molecular complexity index is 350. The number of furan rings is 1. The maximum Gasteiger partial charge on any atom is 0.254 e. The molecular formula is C8H8N2O3. The van der Waals surface area contributed by atoms with E-state index < -0.39 is 0 Å². The van der Waals surface area contributed by atoms with Gasteiger partial charge in [0.15, 0.2) is 0 Å². The van der Waals surface area contributed by atoms with Crippen molar-refractivity contribution in [1.82, 2.24) is 5.32 Å². The lowest BCUT2D eigenvalue weighted by molar-refractivity contribution is 0.0961. The lowest BCUT2D eigenvalue weighted by atomic mass is 10.2. The van der Waals surface area contributed by atoms with Crippen molar-refractivity contribution in [3.8, 4) is 0 Å². The number of hydrogen-bond donors (Lipinski definition) is 1. The van der Waals surface area contributed by atoms with Gasteiger partial charge in [0.2, 0.25) is 6.08 Å². The largest absolute Gasteiger partial charge is 0.466 e. The molecule has 0 aromatic carbocycles. The molecule has 0 saturated carbocycles. The van der Waals surface area contributed by atoms with Gasteiger partial charge in [-0.3, -0.25) is 4.79 Å². The third-order valence-corrected chi connectivity index (χ3v) is 1.50. The number of carbonyl (C=O) groups excluding carboxylic acids is 2. The molecule has 0 aliphatic carbocycles. The third kappa shape index (κ3) is 2.04. The van der Waals surface area contributed by atoms with E-state index >= 15 is 0 Å². The van der Waals surface area contributed by atoms with E-state index in [1.54, 1.807) is 0 Å². The molecule has 0 aliphatic heterocycles. The summed E-state index contributed by atoms with van der Waals surface area (Å²) in [6, 6.07) is 1.52. The van der Waals surface area contributed by atoms with E-state index in [2.05, 4.69) is 10.3 Å². The van der Waals surface area contributed by atoms with Gasteiger partial charge in [0, 0.05) is 7.05 Å². The van der Waals surface area contributed by atoms with Crippen molar-refractivity contribution in [3.05, 3.63) is 23.7 Å². The average Bonchev–Trinajstić information content (AvgIpc) is 2.61. The highest BCUT2D eigenvalue weighted by Crippen LogP contribution is 2.10. The summed E-state index contributed by atoms with van der Waals surface area (Å²) in [7, 11) is 1.52. The molecule has 1 aromatic rings. The number of isocyanates is 1. The van der Waals surface area contributed by atoms with Gasteiger partial charge >= 0.3 is 0 Å². The molecule has 1 heterocycles. The van der Waals surface area contributed by atoms with Crippen LogP contribution in [-0.2, 0) is 11.3 Å². The van der Waals surface area contributed by atoms with Crippen molar-refractivity contribution < 1.29 is 14.0 Å². The molecule has 0 saturated heterocycles. The van der Waals surface area contributed by atoms with Crippen molar-refractivity contribution in [2.75, 3.05) is 7.05 Å². The molecule has 0 atom stereocenters. The molecule has 5 nitrogen and oxygen atoms in total. The zero-order valence-corrected chi connectivity index (χ0v) is 7.03. The second-order valence-corrected chi connectivity index (χ2v) is 2.24. The second kappa shape index (κ2) is 4.23. The Labute approximate surface area is 74.5 Å². The molecule has 0 aliphatic rings. The monoisotopic (exact) mass is 180 g/mol. The van der Waals surface area contributed by atoms with Gasteiger partial charge in [-0.05, 0) is 6.07 Å². The Kier molecular flexibility index (Phi) is 3.00. The molecule has 1 amide bonds. The summed E-state index contributed by atoms with van der Waals surface area (Å²) in [6.45, 7) is 0.0409. The van der Waals surface area contributed by atoms with E-state index in [0.29, 0.717) is 11.3 Å². The molecule has 0 spiro atoms. The summed E-state index contributed by atoms with van der Waals surface area (Å²) in [5.41, 5.74) is 0.390. The number of hydrogen-bond acceptors (Lipinski definition) is 4. The van der Waals surface area contributed by atoms with Gasteiger partial charge in [-0.1, -0.05) is 0 Å². The lowest BCUT2D eigenvalue weighted by Gasteiger charge is -1.96. The van der Waals surface area contributed by atoms with Gasteiger partial charge in [0.1, 0.15) is 12.3 Å². The SMILES string of the molecule is CNC(=O)c1ccoc1CN=C=O. The van der Waals surface area contributed by atoms with E-state index in [1.807, 2.05) is 0 Å². The standard InChI is InChI=1S/C8H8N2O3/c1-9-8(12)6-2-3-13-7(6)4-10-5-11/h2-3H,4H2,1H3,(H,9,12). The summed E-state index contributed by atoms with van der Waals surface area (Å²) < 4.78 is 4.96. The fraction of sp³-hybridized carbons (Fsp3) is 0.250. The highest BCUT2D eigenvalue weighted by Gasteiger charge is 2.11. The molecule has 1 rings (SSSR count). The summed E-state index contributed by atoms with van der Waals surface area (Å²) in [5.74, 6) is 0.104. The number of amides is 1. The van der Waals surface area contributed by atoms with Crippen LogP contribution in [0.1, 0.15) is 16.1 Å². The number of nitrogens with one attached hydrogen (secondary N) is 1. The van der Waals surface area contributed by atoms with Crippen LogP contribution in [0.4, 0.5) is 0 Å². The van der Waals surface area contributed by atoms with Gasteiger partial charge in [-0.25, -0.2) is 4.79 Å². The molecule has 5 heteroatoms. The Hall–Kier alpha value is -1.87. The molecule has 0 fully saturated rings. The minimum absolute atomic E-state index is 0.0409. The zero-order chi connectivity index (χ0) is 9.68. The highest BCUT2D eigenvalue weighted by molar-refractivity contribution is 5.94. The van der Waals surface area contributed by atoms with E-state index in [4.69, 9.17) is 4.42 Å². The van der Waals surface area contributed by atoms with Crippen LogP contribution in [0.2, 0.25) is 0 Å². The number of carbonyl (C=O) groups is 1. The summed E-state index contributed by atoms with van der Waals surface area (Å²) >= 11 is 0. The first kappa shape index (κ1) is 9.22. The molecule has 0 radical (unpaired) electrons. The normalized spacial score (nSPS) is 9.00. The first-order valence-corrected chi connectivity index (χ1v) is 3.61. The average molecular weight is 180 g/mol. The Morgan fingerprint density at radius 1 is 1.77 bits per heavy atom. The molecule has 0 unspecified atom stereocenters. The van der Waals surface area contributed by atoms with Crippen LogP contribution >= 0.6 is 0 Å². The van der Waals surface area contributed by atoms with Gasteiger partial charge in [0.25, 0.3) is 5.91 Å². The first-order chi connectivity index (χ1) is 6.29. The van der Waals surface area contributed by atoms with Gasteiger partial charge in [0.05, 0.1) is 11.8 Å². The van der Waals surface area contributed by atoms with E-state index in [9.17, 15) is 9.59 Å². The smallest absolute Gasteiger partial charge is 0.254 e. The maximum atomic E-state index is 11.1. The zero-order valence-electron chi connectivity index (χ0n) is 7.03. The van der Waals surface area contributed by atoms with E-state index in [-0.39, 0.29) is 12.5 Å². The third-order valence-electron chi connectivity index (χ3n) is 1.50. The second-order valence-electron chi connectivity index (χ2n) is 2.24. The van der Waals surface area contributed by atoms with Crippen molar-refractivity contribution in [1.29, 1.82) is 0 Å². The van der Waals surface area contributed by atoms with Crippen molar-refractivity contribution in [2.45, 2.75) is 6.54 Å². The van der Waals surface area contributed by atoms with Gasteiger partial charge in [-0.15, -0.1) is 0 Å². The Morgan fingerprint density at radius 3 is 3.15 bits per heavy atom. The van der Waals surface area contributed by atoms with Crippen LogP contribution in [0.15, 0.2) is 21.7 Å². The number of aliphatic imine (C=N–C) groups is 1. The van der Waals surface area contributed by atoms with Gasteiger partial charge in [-0.2, -0.15) is 4.99 Å². The summed E-state index contributed by atoms with van der Waals surface area (Å²) in [6.07, 6.45) is 2.75. The molecule has 13 heavy (non-hydrogen) atoms. The molecular weight excluding hydrogens is 172 g/mol. The van der Waals surface area contributed by atoms with Crippen LogP contribution in [0.3, 0.4) is 0 Å². The maximum absolute atomic E-state index is 11.1. The van der Waals surface area contributed by atoms with Gasteiger partial charge < -0.3 is 9.73 Å². The van der Waals surface area contributed by atoms with Crippen molar-refractivity contribution >= 4 is 12.0 Å². The predicted molar refractivity (Wildman–Crippen MR) is 43.9 cm³/mol. The quantitative estimate of drug-likeness (QED) is 0.543. The highest BCUT2D eigenvalue weighted by atomic mass is 16.3. The van der Waals surface area contributed by atoms with E-state index in [1.165, 1.54) is 25.5 Å². The molecule has 68 valence electrons. The number of rotatable bonds is 3. The first-order valence-electron chi connectivity index (χ1n) is 3.61. The minimum Gasteiger partial charge on any atom is -0.466 e. The summed E-state index contributed by atoms with van der Waals surface area (Å²) in [5, 5.41) is 2.45. The van der Waals surface area contributed by atoms with Crippen LogP contribution in [0.5, 0.6) is 0 Å². The molecule has 1 N–H and O–H groups in total. The van der Waals surface area contributed by atoms with Crippen LogP contribution in [0, 0.1) is 0 Å². The topological polar surface area (TPSA) is 71.7 Å². The minimum atomic E-state index is -0.259. The van der Waals surface area contributed by atoms with E-state index in [0.717, 1.165) is 0 Å². The Morgan fingerprint density at radius 2 is 2.54 bits per heavy atom. The lowest BCUT2D eigenvalue weighted by Crippen LogP contribution is -2.18. The fourth-order valence-electron chi connectivity index (χ4n) is 0.904. The van der Waals surface area contributed by atoms with Crippen LogP contribution < -0.4 is 5.32 Å². The van der Waals surface area contributed by atoms with Crippen molar-refractivity contribution in [3.63, 3.8) is 0 Å². The molecule has 0 bridgehead atoms. The van der Waals surface area contributed by atoms with Crippen LogP contribution in [0.25, 0.3) is 0 Å². The van der Waals surface area contributed by atoms with Crippen molar-refractivity contribution in [2.24, 2.45) is 4.99 Å². The van der Waals surface area contributed by atoms with Crippen LogP contribution in [-0.4, -0.2) is 19.0 Å². The summed E-state index contributed by atoms with van der Waals surface area (Å²) in [4.78, 5) is 24.3. The fourth-order valence-corrected chi connectivity index (χ4v) is 0.904. The Balaban J connectivity index is 2.88. The predicted octanol–water partition coefficient (Wildman–Crippen LogP) is 0.475. The number of nitrogens with zero attached hydrogens (tertiary/aromatic N) is 1.